The molecule has 0 saturated heterocycles. The van der Waals surface area contributed by atoms with E-state index >= 15 is 0 Å². The molecule has 3 aromatic carbocycles. The van der Waals surface area contributed by atoms with Gasteiger partial charge in [-0.3, -0.25) is 9.78 Å². The predicted octanol–water partition coefficient (Wildman–Crippen LogP) is 5.97. The fraction of sp³-hybridized carbons (Fsp3) is 0.233. The van der Waals surface area contributed by atoms with Crippen molar-refractivity contribution in [2.45, 2.75) is 38.7 Å². The minimum absolute atomic E-state index is 0.453. The van der Waals surface area contributed by atoms with Crippen LogP contribution in [-0.4, -0.2) is 24.0 Å². The van der Waals surface area contributed by atoms with E-state index in [1.165, 1.54) is 0 Å². The smallest absolute Gasteiger partial charge is 0.340 e. The topological polar surface area (TPSA) is 77.5 Å². The van der Waals surface area contributed by atoms with Crippen molar-refractivity contribution in [3.63, 3.8) is 0 Å². The van der Waals surface area contributed by atoms with Crippen molar-refractivity contribution in [3.8, 4) is 5.75 Å². The van der Waals surface area contributed by atoms with Crippen LogP contribution in [0.15, 0.2) is 72.8 Å². The zero-order valence-corrected chi connectivity index (χ0v) is 20.4. The summed E-state index contributed by atoms with van der Waals surface area (Å²) in [6.45, 7) is 1.93. The van der Waals surface area contributed by atoms with Gasteiger partial charge in [-0.15, -0.1) is 0 Å². The second-order valence-corrected chi connectivity index (χ2v) is 9.03. The van der Waals surface area contributed by atoms with Gasteiger partial charge in [-0.2, -0.15) is 0 Å². The number of nitrogens with zero attached hydrogens (tertiary/aromatic N) is 1. The number of ether oxygens (including phenoxy) is 2. The third-order valence-electron chi connectivity index (χ3n) is 6.55. The van der Waals surface area contributed by atoms with E-state index in [4.69, 9.17) is 14.5 Å². The minimum atomic E-state index is -1.14. The highest BCUT2D eigenvalue weighted by Gasteiger charge is 2.30. The van der Waals surface area contributed by atoms with Crippen LogP contribution in [0.2, 0.25) is 0 Å². The maximum Gasteiger partial charge on any atom is 0.340 e. The van der Waals surface area contributed by atoms with E-state index in [0.717, 1.165) is 53.4 Å². The second-order valence-electron chi connectivity index (χ2n) is 9.03. The molecule has 0 fully saturated rings. The third kappa shape index (κ3) is 4.67. The molecule has 0 unspecified atom stereocenters. The van der Waals surface area contributed by atoms with Crippen LogP contribution in [-0.2, 0) is 22.4 Å². The van der Waals surface area contributed by atoms with Crippen molar-refractivity contribution < 1.29 is 19.1 Å². The normalized spacial score (nSPS) is 13.5. The summed E-state index contributed by atoms with van der Waals surface area (Å²) in [5.41, 5.74) is 5.21. The lowest BCUT2D eigenvalue weighted by atomic mass is 9.90. The summed E-state index contributed by atoms with van der Waals surface area (Å²) >= 11 is 0. The number of nitrogens with one attached hydrogen (secondary N) is 1. The highest BCUT2D eigenvalue weighted by molar-refractivity contribution is 6.06. The third-order valence-corrected chi connectivity index (χ3v) is 6.55. The van der Waals surface area contributed by atoms with Gasteiger partial charge in [0.1, 0.15) is 5.75 Å². The summed E-state index contributed by atoms with van der Waals surface area (Å²) < 4.78 is 11.4. The van der Waals surface area contributed by atoms with Gasteiger partial charge in [0.15, 0.2) is 0 Å². The van der Waals surface area contributed by atoms with Gasteiger partial charge in [-0.05, 0) is 61.9 Å². The molecule has 1 N–H and O–H groups in total. The first-order valence-corrected chi connectivity index (χ1v) is 12.2. The molecule has 4 aromatic rings. The van der Waals surface area contributed by atoms with Crippen molar-refractivity contribution in [3.05, 3.63) is 101 Å². The van der Waals surface area contributed by atoms with E-state index < -0.39 is 18.0 Å². The molecule has 1 aliphatic carbocycles. The van der Waals surface area contributed by atoms with Crippen LogP contribution >= 0.6 is 0 Å². The molecule has 0 aliphatic heterocycles. The predicted molar refractivity (Wildman–Crippen MR) is 139 cm³/mol. The Morgan fingerprint density at radius 1 is 0.944 bits per heavy atom. The van der Waals surface area contributed by atoms with Gasteiger partial charge in [0.25, 0.3) is 5.91 Å². The van der Waals surface area contributed by atoms with Gasteiger partial charge in [-0.25, -0.2) is 4.79 Å². The first-order chi connectivity index (χ1) is 17.5. The van der Waals surface area contributed by atoms with Crippen molar-refractivity contribution in [2.75, 3.05) is 12.4 Å². The van der Waals surface area contributed by atoms with Crippen LogP contribution in [0.3, 0.4) is 0 Å². The number of rotatable bonds is 6. The lowest BCUT2D eigenvalue weighted by Gasteiger charge is -2.23. The van der Waals surface area contributed by atoms with Gasteiger partial charge in [-0.1, -0.05) is 54.6 Å². The number of carbonyl (C=O) groups is 2. The summed E-state index contributed by atoms with van der Waals surface area (Å²) in [5, 5.41) is 3.65. The molecule has 0 saturated carbocycles. The molecular formula is C30H28N2O4. The zero-order valence-electron chi connectivity index (χ0n) is 20.4. The van der Waals surface area contributed by atoms with E-state index in [1.54, 1.807) is 25.3 Å². The Balaban J connectivity index is 1.53. The number of fused-ring (bicyclic) bond motifs is 2. The molecule has 0 spiro atoms. The molecule has 182 valence electrons. The highest BCUT2D eigenvalue weighted by Crippen LogP contribution is 2.32. The standard InChI is InChI=1S/C30H28N2O4/c1-19-16-17-26(35-2)25(18-19)32-29(33)28(20-10-4-3-5-11-20)36-30(34)27-21-12-6-8-14-23(21)31-24-15-9-7-13-22(24)27/h3-6,8,10-12,14,16-18,28H,7,9,13,15H2,1-2H3,(H,32,33)/t28-/m1/s1. The van der Waals surface area contributed by atoms with Gasteiger partial charge in [0, 0.05) is 16.6 Å². The number of carbonyl (C=O) groups excluding carboxylic acids is 2. The Bertz CT molecular complexity index is 1430. The van der Waals surface area contributed by atoms with Crippen molar-refractivity contribution in [2.24, 2.45) is 0 Å². The lowest BCUT2D eigenvalue weighted by Crippen LogP contribution is -2.27. The monoisotopic (exact) mass is 480 g/mol. The van der Waals surface area contributed by atoms with Crippen LogP contribution in [0.5, 0.6) is 5.75 Å². The summed E-state index contributed by atoms with van der Waals surface area (Å²) in [6, 6.07) is 22.2. The fourth-order valence-corrected chi connectivity index (χ4v) is 4.79. The summed E-state index contributed by atoms with van der Waals surface area (Å²) in [6.07, 6.45) is 2.48. The van der Waals surface area contributed by atoms with Crippen LogP contribution in [0.1, 0.15) is 51.7 Å². The van der Waals surface area contributed by atoms with Crippen LogP contribution in [0.25, 0.3) is 10.9 Å². The number of hydrogen-bond donors (Lipinski definition) is 1. The molecule has 0 radical (unpaired) electrons. The van der Waals surface area contributed by atoms with Crippen LogP contribution in [0.4, 0.5) is 5.69 Å². The maximum atomic E-state index is 13.8. The number of esters is 1. The highest BCUT2D eigenvalue weighted by atomic mass is 16.5. The SMILES string of the molecule is COc1ccc(C)cc1NC(=O)[C@H](OC(=O)c1c2c(nc3ccccc13)CCCC2)c1ccccc1. The average Bonchev–Trinajstić information content (AvgIpc) is 2.90. The molecule has 1 heterocycles. The molecule has 36 heavy (non-hydrogen) atoms. The van der Waals surface area contributed by atoms with E-state index in [0.29, 0.717) is 22.6 Å². The number of methoxy groups -OCH3 is 1. The van der Waals surface area contributed by atoms with E-state index in [2.05, 4.69) is 5.32 Å². The fourth-order valence-electron chi connectivity index (χ4n) is 4.79. The summed E-state index contributed by atoms with van der Waals surface area (Å²) in [4.78, 5) is 32.2. The van der Waals surface area contributed by atoms with Gasteiger partial charge in [0.05, 0.1) is 23.9 Å². The summed E-state index contributed by atoms with van der Waals surface area (Å²) in [7, 11) is 1.55. The van der Waals surface area contributed by atoms with E-state index in [-0.39, 0.29) is 0 Å². The number of pyridine rings is 1. The van der Waals surface area contributed by atoms with Crippen molar-refractivity contribution in [1.29, 1.82) is 0 Å². The quantitative estimate of drug-likeness (QED) is 0.344. The van der Waals surface area contributed by atoms with Crippen LogP contribution in [0, 0.1) is 6.92 Å². The van der Waals surface area contributed by atoms with Crippen molar-refractivity contribution >= 4 is 28.5 Å². The second kappa shape index (κ2) is 10.2. The Labute approximate surface area is 210 Å². The summed E-state index contributed by atoms with van der Waals surface area (Å²) in [5.74, 6) is -0.445. The number of aromatic nitrogens is 1. The molecule has 1 amide bonds. The van der Waals surface area contributed by atoms with E-state index in [9.17, 15) is 9.59 Å². The zero-order chi connectivity index (χ0) is 25.1. The number of hydrogen-bond acceptors (Lipinski definition) is 5. The molecule has 6 heteroatoms. The molecule has 0 bridgehead atoms. The molecule has 5 rings (SSSR count). The molecule has 1 aromatic heterocycles. The molecule has 6 nitrogen and oxygen atoms in total. The average molecular weight is 481 g/mol. The van der Waals surface area contributed by atoms with Gasteiger partial charge >= 0.3 is 5.97 Å². The molecule has 1 atom stereocenters. The number of para-hydroxylation sites is 1. The Hall–Kier alpha value is -4.19. The van der Waals surface area contributed by atoms with Crippen LogP contribution < -0.4 is 10.1 Å². The van der Waals surface area contributed by atoms with Gasteiger partial charge in [0.2, 0.25) is 6.10 Å². The minimum Gasteiger partial charge on any atom is -0.495 e. The largest absolute Gasteiger partial charge is 0.495 e. The Morgan fingerprint density at radius 2 is 1.69 bits per heavy atom. The van der Waals surface area contributed by atoms with Crippen molar-refractivity contribution in [1.82, 2.24) is 4.98 Å². The Morgan fingerprint density at radius 3 is 2.50 bits per heavy atom. The first-order valence-electron chi connectivity index (χ1n) is 12.2. The molecular weight excluding hydrogens is 452 g/mol. The van der Waals surface area contributed by atoms with Gasteiger partial charge < -0.3 is 14.8 Å². The lowest BCUT2D eigenvalue weighted by molar-refractivity contribution is -0.125. The maximum absolute atomic E-state index is 13.8. The number of aryl methyl sites for hydroxylation is 2. The Kier molecular flexibility index (Phi) is 6.67. The number of anilines is 1. The first kappa shape index (κ1) is 23.5. The van der Waals surface area contributed by atoms with E-state index in [1.807, 2.05) is 61.5 Å². The number of amides is 1. The number of benzene rings is 3. The molecule has 1 aliphatic rings.